The van der Waals surface area contributed by atoms with Gasteiger partial charge in [-0.1, -0.05) is 0 Å². The molecule has 0 bridgehead atoms. The Morgan fingerprint density at radius 3 is 2.19 bits per heavy atom. The van der Waals surface area contributed by atoms with Gasteiger partial charge in [0.1, 0.15) is 17.2 Å². The summed E-state index contributed by atoms with van der Waals surface area (Å²) in [6.07, 6.45) is -1.58. The van der Waals surface area contributed by atoms with Crippen molar-refractivity contribution in [1.82, 2.24) is 10.2 Å². The zero-order valence-corrected chi connectivity index (χ0v) is 14.8. The Hall–Kier alpha value is -1.97. The Labute approximate surface area is 153 Å². The van der Waals surface area contributed by atoms with Gasteiger partial charge in [-0.3, -0.25) is 14.5 Å². The zero-order chi connectivity index (χ0) is 19.3. The lowest BCUT2D eigenvalue weighted by Gasteiger charge is -2.34. The highest BCUT2D eigenvalue weighted by Gasteiger charge is 2.55. The predicted molar refractivity (Wildman–Crippen MR) is 84.8 cm³/mol. The average molecular weight is 437 g/mol. The summed E-state index contributed by atoms with van der Waals surface area (Å²) in [5, 5.41) is 2.39. The van der Waals surface area contributed by atoms with E-state index < -0.39 is 64.7 Å². The molecule has 1 aromatic rings. The van der Waals surface area contributed by atoms with Crippen LogP contribution < -0.4 is 5.32 Å². The topological polar surface area (TPSA) is 66.5 Å². The van der Waals surface area contributed by atoms with Gasteiger partial charge >= 0.3 is 6.03 Å². The highest BCUT2D eigenvalue weighted by atomic mass is 79.9. The fourth-order valence-corrected chi connectivity index (χ4v) is 3.38. The van der Waals surface area contributed by atoms with Crippen molar-refractivity contribution in [2.75, 3.05) is 6.54 Å². The molecule has 1 spiro atoms. The number of hydrogen-bond acceptors (Lipinski definition) is 3. The van der Waals surface area contributed by atoms with E-state index in [1.807, 2.05) is 0 Å². The molecule has 3 rings (SSSR count). The van der Waals surface area contributed by atoms with Crippen molar-refractivity contribution in [2.24, 2.45) is 0 Å². The van der Waals surface area contributed by atoms with Gasteiger partial charge in [0.25, 0.3) is 5.91 Å². The van der Waals surface area contributed by atoms with Crippen molar-refractivity contribution in [2.45, 2.75) is 37.1 Å². The molecule has 1 aliphatic heterocycles. The Morgan fingerprint density at radius 2 is 1.65 bits per heavy atom. The van der Waals surface area contributed by atoms with Crippen LogP contribution in [0.3, 0.4) is 0 Å². The number of amides is 3. The number of urea groups is 1. The Bertz CT molecular complexity index is 782. The Kier molecular flexibility index (Phi) is 4.58. The van der Waals surface area contributed by atoms with Gasteiger partial charge in [0.05, 0.1) is 11.0 Å². The van der Waals surface area contributed by atoms with E-state index in [1.165, 1.54) is 0 Å². The van der Waals surface area contributed by atoms with Crippen LogP contribution >= 0.6 is 15.9 Å². The number of rotatable bonds is 3. The van der Waals surface area contributed by atoms with E-state index in [0.717, 1.165) is 12.1 Å². The Balaban J connectivity index is 1.77. The molecule has 26 heavy (non-hydrogen) atoms. The maximum absolute atomic E-state index is 13.6. The normalized spacial score (nSPS) is 21.2. The molecular weight excluding hydrogens is 424 g/mol. The van der Waals surface area contributed by atoms with Gasteiger partial charge in [0.2, 0.25) is 5.92 Å². The van der Waals surface area contributed by atoms with Gasteiger partial charge in [-0.05, 0) is 40.9 Å². The molecule has 5 nitrogen and oxygen atoms in total. The third-order valence-corrected chi connectivity index (χ3v) is 5.45. The number of nitrogens with zero attached hydrogens (tertiary/aromatic N) is 1. The van der Waals surface area contributed by atoms with Crippen LogP contribution in [-0.4, -0.2) is 40.6 Å². The maximum Gasteiger partial charge on any atom is 0.325 e. The van der Waals surface area contributed by atoms with E-state index in [9.17, 15) is 31.9 Å². The number of ketones is 1. The molecule has 0 atom stereocenters. The summed E-state index contributed by atoms with van der Waals surface area (Å²) in [5.74, 6) is -6.53. The number of carbonyl (C=O) groups is 3. The SMILES string of the molecule is O=C(CN1C(=O)NC2(CCC(F)(F)CC2)C1=O)c1cc(F)c(Br)c(F)c1. The molecule has 0 aromatic heterocycles. The maximum atomic E-state index is 13.6. The van der Waals surface area contributed by atoms with Crippen LogP contribution in [0.25, 0.3) is 0 Å². The summed E-state index contributed by atoms with van der Waals surface area (Å²) in [7, 11) is 0. The lowest BCUT2D eigenvalue weighted by Crippen LogP contribution is -2.51. The van der Waals surface area contributed by atoms with Crippen molar-refractivity contribution < 1.29 is 31.9 Å². The van der Waals surface area contributed by atoms with E-state index in [1.54, 1.807) is 0 Å². The molecule has 1 saturated heterocycles. The van der Waals surface area contributed by atoms with Crippen molar-refractivity contribution in [3.8, 4) is 0 Å². The fraction of sp³-hybridized carbons (Fsp3) is 0.438. The second-order valence-electron chi connectivity index (χ2n) is 6.44. The summed E-state index contributed by atoms with van der Waals surface area (Å²) in [6.45, 7) is -0.733. The number of carbonyl (C=O) groups excluding carboxylic acids is 3. The summed E-state index contributed by atoms with van der Waals surface area (Å²) in [6, 6.07) is 0.682. The van der Waals surface area contributed by atoms with E-state index in [2.05, 4.69) is 21.2 Å². The quantitative estimate of drug-likeness (QED) is 0.341. The summed E-state index contributed by atoms with van der Waals surface area (Å²) >= 11 is 2.68. The van der Waals surface area contributed by atoms with Gasteiger partial charge in [-0.25, -0.2) is 22.4 Å². The van der Waals surface area contributed by atoms with Crippen LogP contribution in [0.2, 0.25) is 0 Å². The second kappa shape index (κ2) is 6.33. The molecule has 2 aliphatic rings. The molecule has 1 N–H and O–H groups in total. The molecule has 1 aliphatic carbocycles. The first-order chi connectivity index (χ1) is 12.0. The summed E-state index contributed by atoms with van der Waals surface area (Å²) < 4.78 is 53.3. The van der Waals surface area contributed by atoms with Gasteiger partial charge in [0, 0.05) is 18.4 Å². The first-order valence-corrected chi connectivity index (χ1v) is 8.54. The lowest BCUT2D eigenvalue weighted by atomic mass is 9.80. The minimum atomic E-state index is -2.90. The molecule has 0 radical (unpaired) electrons. The van der Waals surface area contributed by atoms with E-state index in [-0.39, 0.29) is 18.4 Å². The van der Waals surface area contributed by atoms with Crippen LogP contribution in [-0.2, 0) is 4.79 Å². The number of hydrogen-bond donors (Lipinski definition) is 1. The van der Waals surface area contributed by atoms with Crippen molar-refractivity contribution in [1.29, 1.82) is 0 Å². The molecule has 140 valence electrons. The standard InChI is InChI=1S/C16H13BrF4N2O3/c17-12-9(18)5-8(6-10(12)19)11(24)7-23-13(25)15(22-14(23)26)1-3-16(20,21)4-2-15/h5-6H,1-4,7H2,(H,22,26). The molecule has 0 unspecified atom stereocenters. The summed E-state index contributed by atoms with van der Waals surface area (Å²) in [4.78, 5) is 37.5. The van der Waals surface area contributed by atoms with Crippen LogP contribution in [0.4, 0.5) is 22.4 Å². The molecule has 10 heteroatoms. The first-order valence-electron chi connectivity index (χ1n) is 7.74. The van der Waals surface area contributed by atoms with Crippen LogP contribution in [0, 0.1) is 11.6 Å². The first kappa shape index (κ1) is 18.8. The number of imide groups is 1. The minimum Gasteiger partial charge on any atom is -0.323 e. The number of Topliss-reactive ketones (excluding diaryl/α,β-unsaturated/α-hetero) is 1. The van der Waals surface area contributed by atoms with Crippen molar-refractivity contribution in [3.05, 3.63) is 33.8 Å². The van der Waals surface area contributed by atoms with E-state index in [0.29, 0.717) is 4.90 Å². The molecule has 1 aromatic carbocycles. The van der Waals surface area contributed by atoms with Crippen molar-refractivity contribution >= 4 is 33.7 Å². The lowest BCUT2D eigenvalue weighted by molar-refractivity contribution is -0.135. The van der Waals surface area contributed by atoms with Crippen LogP contribution in [0.5, 0.6) is 0 Å². The monoisotopic (exact) mass is 436 g/mol. The van der Waals surface area contributed by atoms with Crippen LogP contribution in [0.1, 0.15) is 36.0 Å². The number of benzene rings is 1. The highest BCUT2D eigenvalue weighted by Crippen LogP contribution is 2.41. The number of nitrogens with one attached hydrogen (secondary N) is 1. The molecule has 1 saturated carbocycles. The smallest absolute Gasteiger partial charge is 0.323 e. The third-order valence-electron chi connectivity index (χ3n) is 4.69. The highest BCUT2D eigenvalue weighted by molar-refractivity contribution is 9.10. The van der Waals surface area contributed by atoms with Gasteiger partial charge in [-0.15, -0.1) is 0 Å². The molecule has 1 heterocycles. The van der Waals surface area contributed by atoms with Gasteiger partial charge < -0.3 is 5.32 Å². The predicted octanol–water partition coefficient (Wildman–Crippen LogP) is 3.41. The summed E-state index contributed by atoms with van der Waals surface area (Å²) in [5.41, 5.74) is -1.80. The minimum absolute atomic E-state index is 0.239. The molecule has 3 amide bonds. The second-order valence-corrected chi connectivity index (χ2v) is 7.23. The Morgan fingerprint density at radius 1 is 1.12 bits per heavy atom. The number of alkyl halides is 2. The van der Waals surface area contributed by atoms with E-state index in [4.69, 9.17) is 0 Å². The zero-order valence-electron chi connectivity index (χ0n) is 13.3. The fourth-order valence-electron chi connectivity index (χ4n) is 3.15. The third kappa shape index (κ3) is 3.22. The van der Waals surface area contributed by atoms with Crippen LogP contribution in [0.15, 0.2) is 16.6 Å². The number of halogens is 5. The van der Waals surface area contributed by atoms with Gasteiger partial charge in [-0.2, -0.15) is 0 Å². The average Bonchev–Trinajstić information content (AvgIpc) is 2.79. The van der Waals surface area contributed by atoms with Gasteiger partial charge in [0.15, 0.2) is 5.78 Å². The molecule has 2 fully saturated rings. The van der Waals surface area contributed by atoms with Crippen molar-refractivity contribution in [3.63, 3.8) is 0 Å². The van der Waals surface area contributed by atoms with E-state index >= 15 is 0 Å². The molecular formula is C16H13BrF4N2O3. The largest absolute Gasteiger partial charge is 0.325 e.